The van der Waals surface area contributed by atoms with Crippen molar-refractivity contribution in [2.75, 3.05) is 13.2 Å². The molecule has 1 saturated carbocycles. The molecule has 5 nitrogen and oxygen atoms in total. The standard InChI is InChI=1S/C18H26N2O3/c1-13-5-7-18(8-6-13)22-12-16(23-18)11-20-17(21)9-15-4-3-14(2)19-10-15/h3-4,10,13,16H,5-9,11-12H2,1-2H3,(H,20,21)/t13?,16-,18?/m0/s1. The predicted molar refractivity (Wildman–Crippen MR) is 86.9 cm³/mol. The fourth-order valence-electron chi connectivity index (χ4n) is 3.26. The van der Waals surface area contributed by atoms with Crippen molar-refractivity contribution >= 4 is 5.91 Å². The fraction of sp³-hybridized carbons (Fsp3) is 0.667. The zero-order valence-corrected chi connectivity index (χ0v) is 14.0. The summed E-state index contributed by atoms with van der Waals surface area (Å²) >= 11 is 0. The molecule has 2 fully saturated rings. The molecule has 1 aliphatic carbocycles. The molecule has 1 aromatic rings. The molecule has 1 atom stereocenters. The van der Waals surface area contributed by atoms with E-state index in [0.29, 0.717) is 19.6 Å². The third kappa shape index (κ3) is 4.30. The minimum absolute atomic E-state index is 0.00234. The first kappa shape index (κ1) is 16.4. The Hall–Kier alpha value is -1.46. The zero-order chi connectivity index (χ0) is 16.3. The number of nitrogens with zero attached hydrogens (tertiary/aromatic N) is 1. The number of nitrogens with one attached hydrogen (secondary N) is 1. The summed E-state index contributed by atoms with van der Waals surface area (Å²) in [5.41, 5.74) is 1.88. The maximum absolute atomic E-state index is 12.0. The Labute approximate surface area is 137 Å². The average molecular weight is 318 g/mol. The van der Waals surface area contributed by atoms with Gasteiger partial charge in [-0.15, -0.1) is 0 Å². The Morgan fingerprint density at radius 3 is 2.87 bits per heavy atom. The minimum Gasteiger partial charge on any atom is -0.353 e. The number of ether oxygens (including phenoxy) is 2. The van der Waals surface area contributed by atoms with Gasteiger partial charge in [-0.05, 0) is 37.3 Å². The summed E-state index contributed by atoms with van der Waals surface area (Å²) in [4.78, 5) is 16.2. The van der Waals surface area contributed by atoms with Crippen LogP contribution in [0.1, 0.15) is 43.9 Å². The fourth-order valence-corrected chi connectivity index (χ4v) is 3.26. The number of pyridine rings is 1. The Morgan fingerprint density at radius 2 is 2.17 bits per heavy atom. The number of aryl methyl sites for hydroxylation is 1. The van der Waals surface area contributed by atoms with Crippen LogP contribution >= 0.6 is 0 Å². The van der Waals surface area contributed by atoms with Gasteiger partial charge in [0.2, 0.25) is 5.91 Å². The molecule has 126 valence electrons. The molecule has 2 heterocycles. The Bertz CT molecular complexity index is 536. The smallest absolute Gasteiger partial charge is 0.224 e. The van der Waals surface area contributed by atoms with Crippen LogP contribution < -0.4 is 5.32 Å². The zero-order valence-electron chi connectivity index (χ0n) is 14.0. The van der Waals surface area contributed by atoms with Crippen LogP contribution in [0.15, 0.2) is 18.3 Å². The number of amides is 1. The summed E-state index contributed by atoms with van der Waals surface area (Å²) in [6.07, 6.45) is 6.30. The third-order valence-electron chi connectivity index (χ3n) is 4.81. The minimum atomic E-state index is -0.386. The van der Waals surface area contributed by atoms with Crippen molar-refractivity contribution in [3.8, 4) is 0 Å². The average Bonchev–Trinajstić information content (AvgIpc) is 2.94. The first-order valence-electron chi connectivity index (χ1n) is 8.55. The molecule has 1 aliphatic heterocycles. The number of aromatic nitrogens is 1. The van der Waals surface area contributed by atoms with Crippen LogP contribution in [-0.4, -0.2) is 35.9 Å². The van der Waals surface area contributed by atoms with Gasteiger partial charge in [-0.2, -0.15) is 0 Å². The van der Waals surface area contributed by atoms with Gasteiger partial charge < -0.3 is 14.8 Å². The number of rotatable bonds is 4. The molecule has 2 aliphatic rings. The van der Waals surface area contributed by atoms with E-state index in [2.05, 4.69) is 17.2 Å². The van der Waals surface area contributed by atoms with Crippen molar-refractivity contribution in [1.82, 2.24) is 10.3 Å². The predicted octanol–water partition coefficient (Wildman–Crippen LogP) is 2.37. The van der Waals surface area contributed by atoms with Crippen molar-refractivity contribution in [1.29, 1.82) is 0 Å². The van der Waals surface area contributed by atoms with Crippen molar-refractivity contribution in [2.24, 2.45) is 5.92 Å². The number of carbonyl (C=O) groups excluding carboxylic acids is 1. The third-order valence-corrected chi connectivity index (χ3v) is 4.81. The van der Waals surface area contributed by atoms with Gasteiger partial charge >= 0.3 is 0 Å². The van der Waals surface area contributed by atoms with E-state index < -0.39 is 0 Å². The summed E-state index contributed by atoms with van der Waals surface area (Å²) in [5.74, 6) is 0.371. The normalized spacial score (nSPS) is 30.5. The molecule has 1 N–H and O–H groups in total. The lowest BCUT2D eigenvalue weighted by atomic mass is 9.86. The number of hydrogen-bond donors (Lipinski definition) is 1. The first-order chi connectivity index (χ1) is 11.0. The van der Waals surface area contributed by atoms with Crippen molar-refractivity contribution < 1.29 is 14.3 Å². The lowest BCUT2D eigenvalue weighted by molar-refractivity contribution is -0.191. The second-order valence-electron chi connectivity index (χ2n) is 6.93. The first-order valence-corrected chi connectivity index (χ1v) is 8.55. The second kappa shape index (κ2) is 6.97. The largest absolute Gasteiger partial charge is 0.353 e. The molecule has 0 aromatic carbocycles. The van der Waals surface area contributed by atoms with Gasteiger partial charge in [0.05, 0.1) is 13.0 Å². The Balaban J connectivity index is 1.42. The summed E-state index contributed by atoms with van der Waals surface area (Å²) in [6.45, 7) is 5.29. The number of hydrogen-bond acceptors (Lipinski definition) is 4. The van der Waals surface area contributed by atoms with Gasteiger partial charge in [0.15, 0.2) is 5.79 Å². The highest BCUT2D eigenvalue weighted by atomic mass is 16.7. The van der Waals surface area contributed by atoms with Gasteiger partial charge in [0.25, 0.3) is 0 Å². The van der Waals surface area contributed by atoms with Gasteiger partial charge in [-0.1, -0.05) is 13.0 Å². The topological polar surface area (TPSA) is 60.5 Å². The van der Waals surface area contributed by atoms with Crippen LogP contribution in [0.25, 0.3) is 0 Å². The van der Waals surface area contributed by atoms with Crippen molar-refractivity contribution in [2.45, 2.75) is 57.8 Å². The van der Waals surface area contributed by atoms with Crippen LogP contribution in [0.2, 0.25) is 0 Å². The van der Waals surface area contributed by atoms with E-state index in [1.807, 2.05) is 19.1 Å². The monoisotopic (exact) mass is 318 g/mol. The van der Waals surface area contributed by atoms with Crippen molar-refractivity contribution in [3.05, 3.63) is 29.6 Å². The second-order valence-corrected chi connectivity index (χ2v) is 6.93. The Morgan fingerprint density at radius 1 is 1.39 bits per heavy atom. The molecule has 1 saturated heterocycles. The summed E-state index contributed by atoms with van der Waals surface area (Å²) in [5, 5.41) is 2.95. The van der Waals surface area contributed by atoms with Crippen LogP contribution in [0.5, 0.6) is 0 Å². The summed E-state index contributed by atoms with van der Waals surface area (Å²) < 4.78 is 12.0. The van der Waals surface area contributed by atoms with E-state index in [1.165, 1.54) is 0 Å². The van der Waals surface area contributed by atoms with Gasteiger partial charge in [0, 0.05) is 31.3 Å². The van der Waals surface area contributed by atoms with E-state index in [1.54, 1.807) is 6.20 Å². The van der Waals surface area contributed by atoms with Gasteiger partial charge in [-0.25, -0.2) is 0 Å². The van der Waals surface area contributed by atoms with E-state index in [-0.39, 0.29) is 17.8 Å². The lowest BCUT2D eigenvalue weighted by Crippen LogP contribution is -2.38. The molecular weight excluding hydrogens is 292 g/mol. The molecule has 0 radical (unpaired) electrons. The van der Waals surface area contributed by atoms with E-state index in [4.69, 9.17) is 9.47 Å². The molecular formula is C18H26N2O3. The molecule has 0 unspecified atom stereocenters. The molecule has 5 heteroatoms. The lowest BCUT2D eigenvalue weighted by Gasteiger charge is -2.34. The van der Waals surface area contributed by atoms with E-state index in [9.17, 15) is 4.79 Å². The Kier molecular flexibility index (Phi) is 4.97. The molecule has 23 heavy (non-hydrogen) atoms. The molecule has 1 amide bonds. The van der Waals surface area contributed by atoms with Gasteiger partial charge in [0.1, 0.15) is 6.10 Å². The van der Waals surface area contributed by atoms with Crippen LogP contribution in [0, 0.1) is 12.8 Å². The van der Waals surface area contributed by atoms with Crippen LogP contribution in [0.3, 0.4) is 0 Å². The number of carbonyl (C=O) groups is 1. The quantitative estimate of drug-likeness (QED) is 0.926. The summed E-state index contributed by atoms with van der Waals surface area (Å²) in [6, 6.07) is 3.86. The molecule has 1 aromatic heterocycles. The highest BCUT2D eigenvalue weighted by molar-refractivity contribution is 5.78. The van der Waals surface area contributed by atoms with E-state index in [0.717, 1.165) is 42.9 Å². The maximum Gasteiger partial charge on any atom is 0.224 e. The SMILES string of the molecule is Cc1ccc(CC(=O)NC[C@H]2COC3(CCC(C)CC3)O2)cn1. The molecule has 3 rings (SSSR count). The maximum atomic E-state index is 12.0. The highest BCUT2D eigenvalue weighted by Crippen LogP contribution is 2.39. The summed E-state index contributed by atoms with van der Waals surface area (Å²) in [7, 11) is 0. The molecule has 0 bridgehead atoms. The van der Waals surface area contributed by atoms with Crippen LogP contribution in [0.4, 0.5) is 0 Å². The molecule has 1 spiro atoms. The van der Waals surface area contributed by atoms with Crippen LogP contribution in [-0.2, 0) is 20.7 Å². The highest BCUT2D eigenvalue weighted by Gasteiger charge is 2.43. The van der Waals surface area contributed by atoms with Gasteiger partial charge in [-0.3, -0.25) is 9.78 Å². The van der Waals surface area contributed by atoms with Crippen molar-refractivity contribution in [3.63, 3.8) is 0 Å². The van der Waals surface area contributed by atoms with E-state index >= 15 is 0 Å².